The summed E-state index contributed by atoms with van der Waals surface area (Å²) in [6, 6.07) is 0. The molecule has 0 aromatic rings. The van der Waals surface area contributed by atoms with Crippen molar-refractivity contribution in [3.8, 4) is 0 Å². The average Bonchev–Trinajstić information content (AvgIpc) is 3.21. The predicted molar refractivity (Wildman–Crippen MR) is 115 cm³/mol. The van der Waals surface area contributed by atoms with Crippen molar-refractivity contribution in [1.82, 2.24) is 0 Å². The minimum absolute atomic E-state index is 0.397. The van der Waals surface area contributed by atoms with Gasteiger partial charge in [0.2, 0.25) is 0 Å². The number of hydrogen-bond acceptors (Lipinski definition) is 2. The molecule has 2 aliphatic carbocycles. The van der Waals surface area contributed by atoms with Crippen LogP contribution in [0.4, 0.5) is 0 Å². The topological polar surface area (TPSA) is 29.5 Å². The second kappa shape index (κ2) is 9.21. The summed E-state index contributed by atoms with van der Waals surface area (Å²) >= 11 is 0. The zero-order chi connectivity index (χ0) is 19.4. The average molecular weight is 379 g/mol. The van der Waals surface area contributed by atoms with E-state index in [0.29, 0.717) is 22.5 Å². The van der Waals surface area contributed by atoms with Crippen molar-refractivity contribution in [2.24, 2.45) is 5.92 Å². The molecule has 0 heterocycles. The van der Waals surface area contributed by atoms with Gasteiger partial charge in [0, 0.05) is 6.61 Å². The molecule has 1 saturated carbocycles. The smallest absolute Gasteiger partial charge is 0.200 e. The summed E-state index contributed by atoms with van der Waals surface area (Å²) in [5, 5.41) is 10.8. The van der Waals surface area contributed by atoms with Crippen molar-refractivity contribution in [3.05, 3.63) is 23.8 Å². The van der Waals surface area contributed by atoms with Gasteiger partial charge in [-0.05, 0) is 67.5 Å². The van der Waals surface area contributed by atoms with E-state index in [9.17, 15) is 5.11 Å². The lowest BCUT2D eigenvalue weighted by Crippen LogP contribution is -2.48. The molecular weight excluding hydrogens is 336 g/mol. The van der Waals surface area contributed by atoms with Crippen LogP contribution >= 0.6 is 0 Å². The Morgan fingerprint density at radius 2 is 1.77 bits per heavy atom. The normalized spacial score (nSPS) is 26.1. The van der Waals surface area contributed by atoms with E-state index < -0.39 is 13.9 Å². The largest absolute Gasteiger partial charge is 0.416 e. The van der Waals surface area contributed by atoms with Crippen molar-refractivity contribution >= 4 is 8.32 Å². The molecule has 0 unspecified atom stereocenters. The highest BCUT2D eigenvalue weighted by atomic mass is 28.4. The van der Waals surface area contributed by atoms with Gasteiger partial charge in [0.25, 0.3) is 0 Å². The Morgan fingerprint density at radius 1 is 1.12 bits per heavy atom. The van der Waals surface area contributed by atoms with E-state index in [4.69, 9.17) is 4.43 Å². The molecule has 0 amide bonds. The highest BCUT2D eigenvalue weighted by Gasteiger charge is 2.52. The van der Waals surface area contributed by atoms with Gasteiger partial charge in [-0.15, -0.1) is 0 Å². The van der Waals surface area contributed by atoms with Gasteiger partial charge in [0.15, 0.2) is 8.32 Å². The Hall–Kier alpha value is -0.383. The van der Waals surface area contributed by atoms with E-state index in [1.807, 2.05) is 0 Å². The van der Waals surface area contributed by atoms with Crippen molar-refractivity contribution in [2.45, 2.75) is 109 Å². The molecule has 0 spiro atoms. The molecule has 26 heavy (non-hydrogen) atoms. The molecule has 2 rings (SSSR count). The van der Waals surface area contributed by atoms with Crippen molar-refractivity contribution in [3.63, 3.8) is 0 Å². The predicted octanol–water partition coefficient (Wildman–Crippen LogP) is 6.77. The molecule has 0 aliphatic heterocycles. The Bertz CT molecular complexity index is 485. The molecule has 2 nitrogen and oxygen atoms in total. The molecule has 1 N–H and O–H groups in total. The second-order valence-corrected chi connectivity index (χ2v) is 15.0. The summed E-state index contributed by atoms with van der Waals surface area (Å²) in [6.07, 6.45) is 14.3. The zero-order valence-corrected chi connectivity index (χ0v) is 19.1. The van der Waals surface area contributed by atoms with Gasteiger partial charge >= 0.3 is 0 Å². The van der Waals surface area contributed by atoms with Crippen LogP contribution in [0.15, 0.2) is 23.8 Å². The van der Waals surface area contributed by atoms with Crippen LogP contribution in [0.5, 0.6) is 0 Å². The molecule has 0 saturated heterocycles. The van der Waals surface area contributed by atoms with Crippen LogP contribution < -0.4 is 0 Å². The van der Waals surface area contributed by atoms with Crippen molar-refractivity contribution in [1.29, 1.82) is 0 Å². The third-order valence-corrected chi connectivity index (χ3v) is 13.0. The first-order valence-electron chi connectivity index (χ1n) is 10.9. The highest BCUT2D eigenvalue weighted by Crippen LogP contribution is 2.50. The monoisotopic (exact) mass is 378 g/mol. The summed E-state index contributed by atoms with van der Waals surface area (Å²) < 4.78 is 6.67. The second-order valence-electron chi connectivity index (χ2n) is 9.59. The first kappa shape index (κ1) is 21.9. The van der Waals surface area contributed by atoms with Crippen molar-refractivity contribution in [2.75, 3.05) is 6.61 Å². The van der Waals surface area contributed by atoms with Crippen LogP contribution in [0.1, 0.15) is 86.5 Å². The lowest BCUT2D eigenvalue weighted by Gasteiger charge is -2.42. The molecule has 0 radical (unpaired) electrons. The molecule has 2 atom stereocenters. The van der Waals surface area contributed by atoms with Gasteiger partial charge in [0.1, 0.15) is 0 Å². The van der Waals surface area contributed by atoms with Crippen LogP contribution in [-0.4, -0.2) is 25.6 Å². The lowest BCUT2D eigenvalue weighted by molar-refractivity contribution is 0.111. The molecule has 0 aromatic heterocycles. The van der Waals surface area contributed by atoms with Crippen LogP contribution in [0.2, 0.25) is 16.6 Å². The Labute approximate surface area is 163 Å². The first-order chi connectivity index (χ1) is 12.2. The fourth-order valence-electron chi connectivity index (χ4n) is 5.40. The Balaban J connectivity index is 1.74. The van der Waals surface area contributed by atoms with E-state index in [0.717, 1.165) is 51.6 Å². The maximum absolute atomic E-state index is 10.8. The summed E-state index contributed by atoms with van der Waals surface area (Å²) in [7, 11) is -1.76. The minimum atomic E-state index is -1.76. The maximum atomic E-state index is 10.8. The Morgan fingerprint density at radius 3 is 2.31 bits per heavy atom. The summed E-state index contributed by atoms with van der Waals surface area (Å²) in [4.78, 5) is 0. The van der Waals surface area contributed by atoms with Gasteiger partial charge in [-0.1, -0.05) is 65.3 Å². The zero-order valence-electron chi connectivity index (χ0n) is 18.1. The van der Waals surface area contributed by atoms with Crippen LogP contribution in [0.25, 0.3) is 0 Å². The lowest BCUT2D eigenvalue weighted by atomic mass is 9.98. The summed E-state index contributed by atoms with van der Waals surface area (Å²) in [5.41, 5.74) is 3.07. The summed E-state index contributed by atoms with van der Waals surface area (Å²) in [6.45, 7) is 14.9. The summed E-state index contributed by atoms with van der Waals surface area (Å²) in [5.74, 6) is 0.459. The molecule has 0 bridgehead atoms. The van der Waals surface area contributed by atoms with Gasteiger partial charge in [-0.2, -0.15) is 0 Å². The SMILES string of the molecule is CC(C)[Si](OCC[C@H]1C[C@@]1(O)CCCC1=CCC=CC1)(C(C)C)C(C)C. The minimum Gasteiger partial charge on any atom is -0.416 e. The van der Waals surface area contributed by atoms with E-state index in [1.54, 1.807) is 5.57 Å². The molecular formula is C23H42O2Si. The number of allylic oxidation sites excluding steroid dienone is 4. The van der Waals surface area contributed by atoms with Gasteiger partial charge in [0.05, 0.1) is 5.60 Å². The standard InChI is InChI=1S/C23H42O2Si/c1-18(2)26(19(3)4,20(5)6)25-16-14-22-17-23(22,24)15-10-13-21-11-8-7-9-12-21/h7-8,12,18-20,22,24H,9-11,13-17H2,1-6H3/t22-,23-/m0/s1. The van der Waals surface area contributed by atoms with Crippen LogP contribution in [0.3, 0.4) is 0 Å². The molecule has 0 aromatic carbocycles. The number of hydrogen-bond donors (Lipinski definition) is 1. The number of rotatable bonds is 11. The quantitative estimate of drug-likeness (QED) is 0.317. The number of aliphatic hydroxyl groups is 1. The third-order valence-electron chi connectivity index (χ3n) is 6.92. The highest BCUT2D eigenvalue weighted by molar-refractivity contribution is 6.77. The molecule has 2 aliphatic rings. The first-order valence-corrected chi connectivity index (χ1v) is 13.1. The molecule has 3 heteroatoms. The van der Waals surface area contributed by atoms with Gasteiger partial charge < -0.3 is 9.53 Å². The van der Waals surface area contributed by atoms with Crippen LogP contribution in [0, 0.1) is 5.92 Å². The van der Waals surface area contributed by atoms with E-state index >= 15 is 0 Å². The van der Waals surface area contributed by atoms with Gasteiger partial charge in [-0.25, -0.2) is 0 Å². The van der Waals surface area contributed by atoms with Gasteiger partial charge in [-0.3, -0.25) is 0 Å². The molecule has 150 valence electrons. The maximum Gasteiger partial charge on any atom is 0.200 e. The fraction of sp³-hybridized carbons (Fsp3) is 0.826. The Kier molecular flexibility index (Phi) is 7.76. The van der Waals surface area contributed by atoms with E-state index in [1.165, 1.54) is 0 Å². The van der Waals surface area contributed by atoms with E-state index in [2.05, 4.69) is 59.8 Å². The molecule has 1 fully saturated rings. The fourth-order valence-corrected chi connectivity index (χ4v) is 10.9. The van der Waals surface area contributed by atoms with Crippen molar-refractivity contribution < 1.29 is 9.53 Å². The van der Waals surface area contributed by atoms with Crippen LogP contribution in [-0.2, 0) is 4.43 Å². The third kappa shape index (κ3) is 5.11. The van der Waals surface area contributed by atoms with E-state index in [-0.39, 0.29) is 0 Å².